The van der Waals surface area contributed by atoms with Gasteiger partial charge in [-0.3, -0.25) is 0 Å². The molecule has 0 spiro atoms. The summed E-state index contributed by atoms with van der Waals surface area (Å²) in [7, 11) is 0. The zero-order valence-electron chi connectivity index (χ0n) is 10.4. The van der Waals surface area contributed by atoms with Gasteiger partial charge in [0.2, 0.25) is 5.88 Å². The van der Waals surface area contributed by atoms with Crippen LogP contribution >= 0.6 is 15.9 Å². The average Bonchev–Trinajstić information content (AvgIpc) is 2.30. The molecule has 2 N–H and O–H groups in total. The molecule has 0 saturated carbocycles. The SMILES string of the molecule is Cc1cc(C)cc(Oc2ncc(Br)cc2CN)c1. The second-order valence-electron chi connectivity index (χ2n) is 4.25. The molecule has 0 aliphatic carbocycles. The Balaban J connectivity index is 2.33. The third-order valence-electron chi connectivity index (χ3n) is 2.52. The monoisotopic (exact) mass is 306 g/mol. The molecule has 0 aliphatic heterocycles. The first-order chi connectivity index (χ1) is 8.58. The van der Waals surface area contributed by atoms with Crippen molar-refractivity contribution >= 4 is 15.9 Å². The topological polar surface area (TPSA) is 48.1 Å². The number of pyridine rings is 1. The van der Waals surface area contributed by atoms with Crippen molar-refractivity contribution in [3.8, 4) is 11.6 Å². The first-order valence-electron chi connectivity index (χ1n) is 5.69. The highest BCUT2D eigenvalue weighted by Crippen LogP contribution is 2.26. The van der Waals surface area contributed by atoms with Gasteiger partial charge in [-0.25, -0.2) is 4.98 Å². The minimum atomic E-state index is 0.395. The lowest BCUT2D eigenvalue weighted by molar-refractivity contribution is 0.455. The Bertz CT molecular complexity index is 549. The van der Waals surface area contributed by atoms with Gasteiger partial charge >= 0.3 is 0 Å². The van der Waals surface area contributed by atoms with Crippen LogP contribution in [0.15, 0.2) is 34.9 Å². The van der Waals surface area contributed by atoms with Crippen molar-refractivity contribution in [3.05, 3.63) is 51.6 Å². The first-order valence-corrected chi connectivity index (χ1v) is 6.48. The molecule has 18 heavy (non-hydrogen) atoms. The molecule has 0 aliphatic rings. The molecule has 94 valence electrons. The molecule has 1 heterocycles. The van der Waals surface area contributed by atoms with Crippen LogP contribution in [0.25, 0.3) is 0 Å². The van der Waals surface area contributed by atoms with Crippen LogP contribution in [0.5, 0.6) is 11.6 Å². The van der Waals surface area contributed by atoms with Gasteiger partial charge in [0.1, 0.15) is 5.75 Å². The second-order valence-corrected chi connectivity index (χ2v) is 5.16. The molecule has 0 amide bonds. The van der Waals surface area contributed by atoms with Crippen molar-refractivity contribution in [3.63, 3.8) is 0 Å². The molecule has 4 heteroatoms. The minimum Gasteiger partial charge on any atom is -0.439 e. The van der Waals surface area contributed by atoms with E-state index in [0.29, 0.717) is 12.4 Å². The number of aromatic nitrogens is 1. The van der Waals surface area contributed by atoms with Crippen molar-refractivity contribution in [1.82, 2.24) is 4.98 Å². The summed E-state index contributed by atoms with van der Waals surface area (Å²) in [6.45, 7) is 4.48. The van der Waals surface area contributed by atoms with Gasteiger partial charge in [0, 0.05) is 22.8 Å². The van der Waals surface area contributed by atoms with Gasteiger partial charge in [-0.1, -0.05) is 6.07 Å². The number of benzene rings is 1. The fraction of sp³-hybridized carbons (Fsp3) is 0.214. The van der Waals surface area contributed by atoms with E-state index < -0.39 is 0 Å². The van der Waals surface area contributed by atoms with Crippen molar-refractivity contribution in [2.45, 2.75) is 20.4 Å². The quantitative estimate of drug-likeness (QED) is 0.940. The average molecular weight is 307 g/mol. The smallest absolute Gasteiger partial charge is 0.223 e. The maximum atomic E-state index is 5.81. The molecule has 0 bridgehead atoms. The Labute approximate surface area is 115 Å². The highest BCUT2D eigenvalue weighted by atomic mass is 79.9. The molecule has 0 saturated heterocycles. The summed E-state index contributed by atoms with van der Waals surface area (Å²) in [4.78, 5) is 4.25. The van der Waals surface area contributed by atoms with E-state index >= 15 is 0 Å². The van der Waals surface area contributed by atoms with Gasteiger partial charge in [0.05, 0.1) is 0 Å². The van der Waals surface area contributed by atoms with Gasteiger partial charge in [-0.2, -0.15) is 0 Å². The lowest BCUT2D eigenvalue weighted by Crippen LogP contribution is -2.01. The Morgan fingerprint density at radius 2 is 1.83 bits per heavy atom. The van der Waals surface area contributed by atoms with Crippen LogP contribution in [0, 0.1) is 13.8 Å². The number of nitrogens with zero attached hydrogens (tertiary/aromatic N) is 1. The summed E-state index contributed by atoms with van der Waals surface area (Å²) in [5.41, 5.74) is 8.90. The predicted molar refractivity (Wildman–Crippen MR) is 75.8 cm³/mol. The summed E-state index contributed by atoms with van der Waals surface area (Å²) < 4.78 is 6.70. The second kappa shape index (κ2) is 5.50. The van der Waals surface area contributed by atoms with Crippen molar-refractivity contribution in [2.75, 3.05) is 0 Å². The zero-order chi connectivity index (χ0) is 13.1. The number of hydrogen-bond acceptors (Lipinski definition) is 3. The highest BCUT2D eigenvalue weighted by Gasteiger charge is 2.07. The normalized spacial score (nSPS) is 10.4. The summed E-state index contributed by atoms with van der Waals surface area (Å²) in [6, 6.07) is 7.99. The predicted octanol–water partition coefficient (Wildman–Crippen LogP) is 3.71. The molecule has 1 aromatic carbocycles. The largest absolute Gasteiger partial charge is 0.439 e. The summed E-state index contributed by atoms with van der Waals surface area (Å²) in [5, 5.41) is 0. The number of nitrogens with two attached hydrogens (primary N) is 1. The molecule has 2 aromatic rings. The van der Waals surface area contributed by atoms with Crippen LogP contribution in [-0.2, 0) is 6.54 Å². The van der Waals surface area contributed by atoms with E-state index in [-0.39, 0.29) is 0 Å². The lowest BCUT2D eigenvalue weighted by Gasteiger charge is -2.10. The Kier molecular flexibility index (Phi) is 3.99. The van der Waals surface area contributed by atoms with Gasteiger partial charge < -0.3 is 10.5 Å². The van der Waals surface area contributed by atoms with E-state index in [1.165, 1.54) is 0 Å². The van der Waals surface area contributed by atoms with Crippen molar-refractivity contribution in [1.29, 1.82) is 0 Å². The number of hydrogen-bond donors (Lipinski definition) is 1. The van der Waals surface area contributed by atoms with Gasteiger partial charge in [-0.05, 0) is 59.1 Å². The van der Waals surface area contributed by atoms with E-state index in [0.717, 1.165) is 26.9 Å². The van der Waals surface area contributed by atoms with E-state index in [9.17, 15) is 0 Å². The molecule has 0 atom stereocenters. The summed E-state index contributed by atoms with van der Waals surface area (Å²) in [6.07, 6.45) is 1.71. The van der Waals surface area contributed by atoms with Crippen molar-refractivity contribution in [2.24, 2.45) is 5.73 Å². The van der Waals surface area contributed by atoms with Gasteiger partial charge in [0.15, 0.2) is 0 Å². The Morgan fingerprint density at radius 3 is 2.44 bits per heavy atom. The number of ether oxygens (including phenoxy) is 1. The van der Waals surface area contributed by atoms with Gasteiger partial charge in [-0.15, -0.1) is 0 Å². The third-order valence-corrected chi connectivity index (χ3v) is 2.96. The summed E-state index contributed by atoms with van der Waals surface area (Å²) in [5.74, 6) is 1.35. The van der Waals surface area contributed by atoms with Gasteiger partial charge in [0.25, 0.3) is 0 Å². The van der Waals surface area contributed by atoms with Crippen LogP contribution in [-0.4, -0.2) is 4.98 Å². The van der Waals surface area contributed by atoms with Crippen LogP contribution in [0.1, 0.15) is 16.7 Å². The molecular formula is C14H15BrN2O. The molecule has 0 radical (unpaired) electrons. The minimum absolute atomic E-state index is 0.395. The molecular weight excluding hydrogens is 292 g/mol. The maximum absolute atomic E-state index is 5.81. The van der Waals surface area contributed by atoms with Crippen LogP contribution < -0.4 is 10.5 Å². The van der Waals surface area contributed by atoms with Crippen LogP contribution in [0.3, 0.4) is 0 Å². The molecule has 2 rings (SSSR count). The lowest BCUT2D eigenvalue weighted by atomic mass is 10.1. The number of halogens is 1. The fourth-order valence-corrected chi connectivity index (χ4v) is 2.19. The highest BCUT2D eigenvalue weighted by molar-refractivity contribution is 9.10. The fourth-order valence-electron chi connectivity index (χ4n) is 1.81. The molecule has 0 fully saturated rings. The molecule has 0 unspecified atom stereocenters. The third kappa shape index (κ3) is 3.09. The molecule has 3 nitrogen and oxygen atoms in total. The number of aryl methyl sites for hydroxylation is 2. The van der Waals surface area contributed by atoms with E-state index in [1.807, 2.05) is 32.0 Å². The van der Waals surface area contributed by atoms with E-state index in [4.69, 9.17) is 10.5 Å². The standard InChI is InChI=1S/C14H15BrN2O/c1-9-3-10(2)5-13(4-9)18-14-11(7-16)6-12(15)8-17-14/h3-6,8H,7,16H2,1-2H3. The van der Waals surface area contributed by atoms with E-state index in [2.05, 4.69) is 27.0 Å². The maximum Gasteiger partial charge on any atom is 0.223 e. The Hall–Kier alpha value is -1.39. The Morgan fingerprint density at radius 1 is 1.17 bits per heavy atom. The van der Waals surface area contributed by atoms with Crippen LogP contribution in [0.2, 0.25) is 0 Å². The first kappa shape index (κ1) is 13.1. The van der Waals surface area contributed by atoms with Crippen LogP contribution in [0.4, 0.5) is 0 Å². The zero-order valence-corrected chi connectivity index (χ0v) is 12.0. The number of rotatable bonds is 3. The van der Waals surface area contributed by atoms with E-state index in [1.54, 1.807) is 6.20 Å². The summed E-state index contributed by atoms with van der Waals surface area (Å²) >= 11 is 3.37. The molecule has 1 aromatic heterocycles. The van der Waals surface area contributed by atoms with Crippen molar-refractivity contribution < 1.29 is 4.74 Å².